The van der Waals surface area contributed by atoms with E-state index in [1.54, 1.807) is 0 Å². The highest BCUT2D eigenvalue weighted by Gasteiger charge is 2.26. The predicted octanol–water partition coefficient (Wildman–Crippen LogP) is 15.6. The first kappa shape index (κ1) is 40.2. The third kappa shape index (κ3) is 6.35. The molecule has 0 aliphatic rings. The summed E-state index contributed by atoms with van der Waals surface area (Å²) in [7, 11) is 0. The summed E-state index contributed by atoms with van der Waals surface area (Å²) >= 11 is 0. The lowest BCUT2D eigenvalue weighted by Crippen LogP contribution is -2.11. The van der Waals surface area contributed by atoms with Gasteiger partial charge in [0.05, 0.1) is 45.4 Å². The van der Waals surface area contributed by atoms with Crippen LogP contribution in [-0.2, 0) is 10.8 Å². The second-order valence-electron chi connectivity index (χ2n) is 19.7. The number of hydrogen-bond acceptors (Lipinski definition) is 3. The van der Waals surface area contributed by atoms with Crippen LogP contribution >= 0.6 is 0 Å². The number of hydrogen-bond donors (Lipinski definition) is 0. The Morgan fingerprint density at radius 2 is 0.985 bits per heavy atom. The smallest absolute Gasteiger partial charge is 0.238 e. The van der Waals surface area contributed by atoms with Crippen molar-refractivity contribution in [1.29, 1.82) is 0 Å². The monoisotopic (exact) mass is 865 g/mol. The second-order valence-corrected chi connectivity index (χ2v) is 19.7. The van der Waals surface area contributed by atoms with Crippen LogP contribution in [0.5, 0.6) is 0 Å². The lowest BCUT2D eigenvalue weighted by atomic mass is 9.85. The van der Waals surface area contributed by atoms with Crippen LogP contribution in [0, 0.1) is 6.57 Å². The zero-order valence-electron chi connectivity index (χ0n) is 38.4. The molecule has 0 bridgehead atoms. The summed E-state index contributed by atoms with van der Waals surface area (Å²) < 4.78 is 6.92. The molecule has 12 rings (SSSR count). The average molecular weight is 866 g/mol. The third-order valence-electron chi connectivity index (χ3n) is 13.4. The molecule has 4 heterocycles. The number of nitrogens with zero attached hydrogens (tertiary/aromatic N) is 7. The predicted molar refractivity (Wildman–Crippen MR) is 277 cm³/mol. The Morgan fingerprint density at radius 1 is 0.433 bits per heavy atom. The minimum atomic E-state index is -0.0514. The van der Waals surface area contributed by atoms with Crippen molar-refractivity contribution in [2.45, 2.75) is 52.4 Å². The molecular formula is C60H47N7. The van der Waals surface area contributed by atoms with Gasteiger partial charge < -0.3 is 9.13 Å². The molecule has 0 radical (unpaired) electrons. The molecule has 0 amide bonds. The number of benzene rings is 8. The zero-order chi connectivity index (χ0) is 45.8. The number of rotatable bonds is 5. The van der Waals surface area contributed by atoms with Crippen LogP contribution in [-0.4, -0.2) is 28.7 Å². The number of aromatic nitrogens is 6. The van der Waals surface area contributed by atoms with E-state index in [-0.39, 0.29) is 10.8 Å². The fourth-order valence-electron chi connectivity index (χ4n) is 10.1. The van der Waals surface area contributed by atoms with Gasteiger partial charge in [-0.3, -0.25) is 4.57 Å². The highest BCUT2D eigenvalue weighted by atomic mass is 15.2. The Labute approximate surface area is 389 Å². The van der Waals surface area contributed by atoms with Crippen molar-refractivity contribution >= 4 is 71.1 Å². The molecule has 0 aliphatic carbocycles. The highest BCUT2D eigenvalue weighted by molar-refractivity contribution is 6.26. The summed E-state index contributed by atoms with van der Waals surface area (Å²) in [5, 5.41) is 6.86. The number of fused-ring (bicyclic) bond motifs is 10. The summed E-state index contributed by atoms with van der Waals surface area (Å²) in [6.45, 7) is 21.9. The van der Waals surface area contributed by atoms with E-state index in [4.69, 9.17) is 21.5 Å². The first-order valence-corrected chi connectivity index (χ1v) is 22.9. The van der Waals surface area contributed by atoms with Gasteiger partial charge in [0.2, 0.25) is 5.95 Å². The van der Waals surface area contributed by atoms with E-state index in [2.05, 4.69) is 194 Å². The largest absolute Gasteiger partial charge is 0.309 e. The molecular weight excluding hydrogens is 819 g/mol. The van der Waals surface area contributed by atoms with Crippen molar-refractivity contribution < 1.29 is 0 Å². The van der Waals surface area contributed by atoms with E-state index in [1.807, 2.05) is 42.5 Å². The molecule has 8 aromatic carbocycles. The van der Waals surface area contributed by atoms with Gasteiger partial charge in [0.25, 0.3) is 0 Å². The van der Waals surface area contributed by atoms with Crippen molar-refractivity contribution in [2.24, 2.45) is 0 Å². The van der Waals surface area contributed by atoms with Crippen LogP contribution in [0.25, 0.3) is 110 Å². The summed E-state index contributed by atoms with van der Waals surface area (Å²) in [4.78, 5) is 20.1. The van der Waals surface area contributed by atoms with E-state index in [0.29, 0.717) is 23.3 Å². The summed E-state index contributed by atoms with van der Waals surface area (Å²) in [5.74, 6) is 1.52. The Bertz CT molecular complexity index is 3930. The van der Waals surface area contributed by atoms with Gasteiger partial charge in [-0.05, 0) is 88.7 Å². The van der Waals surface area contributed by atoms with Gasteiger partial charge in [0.15, 0.2) is 17.3 Å². The summed E-state index contributed by atoms with van der Waals surface area (Å²) in [5.41, 5.74) is 12.8. The van der Waals surface area contributed by atoms with Crippen LogP contribution in [0.4, 0.5) is 5.69 Å². The molecule has 0 saturated heterocycles. The van der Waals surface area contributed by atoms with Crippen molar-refractivity contribution in [2.75, 3.05) is 0 Å². The van der Waals surface area contributed by atoms with Gasteiger partial charge in [-0.1, -0.05) is 151 Å². The van der Waals surface area contributed by atoms with Crippen LogP contribution < -0.4 is 0 Å². The van der Waals surface area contributed by atoms with Crippen LogP contribution in [0.2, 0.25) is 0 Å². The van der Waals surface area contributed by atoms with Crippen LogP contribution in [0.15, 0.2) is 176 Å². The lowest BCUT2D eigenvalue weighted by Gasteiger charge is -2.19. The van der Waals surface area contributed by atoms with Gasteiger partial charge in [0, 0.05) is 49.1 Å². The Kier molecular flexibility index (Phi) is 8.91. The summed E-state index contributed by atoms with van der Waals surface area (Å²) in [6, 6.07) is 62.0. The molecule has 12 aromatic rings. The van der Waals surface area contributed by atoms with E-state index in [9.17, 15) is 0 Å². The maximum Gasteiger partial charge on any atom is 0.238 e. The molecule has 7 nitrogen and oxygen atoms in total. The molecule has 7 heteroatoms. The fourth-order valence-corrected chi connectivity index (χ4v) is 10.1. The lowest BCUT2D eigenvalue weighted by molar-refractivity contribution is 0.590. The summed E-state index contributed by atoms with van der Waals surface area (Å²) in [6.07, 6.45) is 0. The minimum Gasteiger partial charge on any atom is -0.309 e. The topological polar surface area (TPSA) is 57.8 Å². The standard InChI is InChI=1S/C60H47N7/c1-59(2,3)38-26-30-50-45(34-38)46-35-39(60(4,5)6)27-31-51(46)67(50)58-63-56(37-18-10-8-11-19-37)62-57(64-58)47-36-40(61-7)28-32-52(47)66-48-24-16-14-22-42(48)43-29-33-53-54(55(43)66)44-23-15-17-25-49(44)65(53)41-20-12-9-13-21-41/h8-36H,1-6H3. The van der Waals surface area contributed by atoms with E-state index in [0.717, 1.165) is 87.9 Å². The normalized spacial score (nSPS) is 12.3. The fraction of sp³-hybridized carbons (Fsp3) is 0.133. The SMILES string of the molecule is [C-]#[N+]c1ccc(-n2c3ccccc3c3ccc4c(c5ccccc5n4-c4ccccc4)c32)c(-c2nc(-c3ccccc3)nc(-n3c4ccc(C(C)(C)C)cc4c4cc(C(C)(C)C)ccc43)n2)c1. The Hall–Kier alpha value is -8.34. The molecule has 0 N–H and O–H groups in total. The van der Waals surface area contributed by atoms with Crippen molar-refractivity contribution in [3.05, 3.63) is 198 Å². The van der Waals surface area contributed by atoms with E-state index >= 15 is 0 Å². The first-order valence-electron chi connectivity index (χ1n) is 22.9. The Morgan fingerprint density at radius 3 is 1.63 bits per heavy atom. The second kappa shape index (κ2) is 14.8. The quantitative estimate of drug-likeness (QED) is 0.162. The van der Waals surface area contributed by atoms with Gasteiger partial charge in [-0.15, -0.1) is 0 Å². The van der Waals surface area contributed by atoms with Crippen LogP contribution in [0.3, 0.4) is 0 Å². The molecule has 0 spiro atoms. The zero-order valence-corrected chi connectivity index (χ0v) is 38.4. The van der Waals surface area contributed by atoms with Crippen molar-refractivity contribution in [1.82, 2.24) is 28.7 Å². The van der Waals surface area contributed by atoms with Crippen molar-refractivity contribution in [3.8, 4) is 40.1 Å². The van der Waals surface area contributed by atoms with Gasteiger partial charge >= 0.3 is 0 Å². The maximum absolute atomic E-state index is 8.29. The van der Waals surface area contributed by atoms with E-state index < -0.39 is 0 Å². The van der Waals surface area contributed by atoms with E-state index in [1.165, 1.54) is 11.1 Å². The number of para-hydroxylation sites is 3. The van der Waals surface area contributed by atoms with Gasteiger partial charge in [-0.2, -0.15) is 9.97 Å². The first-order chi connectivity index (χ1) is 32.5. The Balaban J connectivity index is 1.19. The molecule has 0 fully saturated rings. The van der Waals surface area contributed by atoms with Crippen molar-refractivity contribution in [3.63, 3.8) is 0 Å². The molecule has 0 atom stereocenters. The molecule has 0 aliphatic heterocycles. The molecule has 0 saturated carbocycles. The molecule has 322 valence electrons. The van der Waals surface area contributed by atoms with Gasteiger partial charge in [0.1, 0.15) is 0 Å². The minimum absolute atomic E-state index is 0.0514. The highest BCUT2D eigenvalue weighted by Crippen LogP contribution is 2.44. The molecule has 4 aromatic heterocycles. The average Bonchev–Trinajstić information content (AvgIpc) is 3.99. The molecule has 0 unspecified atom stereocenters. The van der Waals surface area contributed by atoms with Gasteiger partial charge in [-0.25, -0.2) is 9.83 Å². The third-order valence-corrected chi connectivity index (χ3v) is 13.4. The maximum atomic E-state index is 8.29. The molecule has 67 heavy (non-hydrogen) atoms. The van der Waals surface area contributed by atoms with Crippen LogP contribution in [0.1, 0.15) is 52.7 Å².